The Morgan fingerprint density at radius 3 is 2.63 bits per heavy atom. The third-order valence-corrected chi connectivity index (χ3v) is 2.22. The largest absolute Gasteiger partial charge is 0.490 e. The van der Waals surface area contributed by atoms with Crippen molar-refractivity contribution in [2.45, 2.75) is 0 Å². The van der Waals surface area contributed by atoms with E-state index in [9.17, 15) is 19.7 Å². The van der Waals surface area contributed by atoms with Gasteiger partial charge in [-0.2, -0.15) is 0 Å². The van der Waals surface area contributed by atoms with Crippen LogP contribution < -0.4 is 10.1 Å². The molecule has 1 aromatic rings. The Bertz CT molecular complexity index is 514. The summed E-state index contributed by atoms with van der Waals surface area (Å²) in [5, 5.41) is 13.1. The van der Waals surface area contributed by atoms with Crippen LogP contribution in [0.3, 0.4) is 0 Å². The first-order valence-corrected chi connectivity index (χ1v) is 5.19. The Labute approximate surface area is 108 Å². The van der Waals surface area contributed by atoms with Crippen molar-refractivity contribution in [1.29, 1.82) is 0 Å². The standard InChI is InChI=1S/C11H12N2O6/c1-12-10(14)6-19-11(15)7-3-4-9(18-2)8(5-7)13(16)17/h3-5H,6H2,1-2H3,(H,12,14). The van der Waals surface area contributed by atoms with Crippen LogP contribution in [0.5, 0.6) is 5.75 Å². The van der Waals surface area contributed by atoms with Gasteiger partial charge in [0.2, 0.25) is 0 Å². The third kappa shape index (κ3) is 3.66. The molecule has 8 nitrogen and oxygen atoms in total. The minimum Gasteiger partial charge on any atom is -0.490 e. The number of nitro groups is 1. The van der Waals surface area contributed by atoms with E-state index in [1.54, 1.807) is 0 Å². The van der Waals surface area contributed by atoms with Crippen LogP contribution in [0.25, 0.3) is 0 Å². The van der Waals surface area contributed by atoms with Crippen molar-refractivity contribution in [1.82, 2.24) is 5.32 Å². The first-order valence-electron chi connectivity index (χ1n) is 5.19. The van der Waals surface area contributed by atoms with E-state index >= 15 is 0 Å². The molecule has 19 heavy (non-hydrogen) atoms. The molecule has 102 valence electrons. The van der Waals surface area contributed by atoms with Gasteiger partial charge in [-0.1, -0.05) is 0 Å². The number of methoxy groups -OCH3 is 1. The molecule has 8 heteroatoms. The molecular weight excluding hydrogens is 256 g/mol. The van der Waals surface area contributed by atoms with Crippen molar-refractivity contribution in [3.63, 3.8) is 0 Å². The summed E-state index contributed by atoms with van der Waals surface area (Å²) in [5.41, 5.74) is -0.381. The fraction of sp³-hybridized carbons (Fsp3) is 0.273. The molecular formula is C11H12N2O6. The van der Waals surface area contributed by atoms with Gasteiger partial charge in [-0.3, -0.25) is 14.9 Å². The molecule has 0 radical (unpaired) electrons. The molecule has 0 atom stereocenters. The summed E-state index contributed by atoms with van der Waals surface area (Å²) in [6.07, 6.45) is 0. The number of ether oxygens (including phenoxy) is 2. The highest BCUT2D eigenvalue weighted by atomic mass is 16.6. The summed E-state index contributed by atoms with van der Waals surface area (Å²) in [4.78, 5) is 32.6. The van der Waals surface area contributed by atoms with Crippen LogP contribution in [-0.2, 0) is 9.53 Å². The van der Waals surface area contributed by atoms with Gasteiger partial charge >= 0.3 is 11.7 Å². The smallest absolute Gasteiger partial charge is 0.338 e. The van der Waals surface area contributed by atoms with Crippen molar-refractivity contribution in [3.05, 3.63) is 33.9 Å². The number of hydrogen-bond acceptors (Lipinski definition) is 6. The molecule has 0 heterocycles. The van der Waals surface area contributed by atoms with E-state index in [1.807, 2.05) is 0 Å². The van der Waals surface area contributed by atoms with Gasteiger partial charge in [0.15, 0.2) is 12.4 Å². The normalized spacial score (nSPS) is 9.58. The van der Waals surface area contributed by atoms with E-state index in [0.717, 1.165) is 6.07 Å². The van der Waals surface area contributed by atoms with Crippen LogP contribution in [0, 0.1) is 10.1 Å². The lowest BCUT2D eigenvalue weighted by Gasteiger charge is -2.05. The second kappa shape index (κ2) is 6.34. The summed E-state index contributed by atoms with van der Waals surface area (Å²) in [6, 6.07) is 3.64. The van der Waals surface area contributed by atoms with Crippen molar-refractivity contribution in [2.75, 3.05) is 20.8 Å². The molecule has 0 bridgehead atoms. The van der Waals surface area contributed by atoms with Gasteiger partial charge in [-0.05, 0) is 12.1 Å². The lowest BCUT2D eigenvalue weighted by atomic mass is 10.2. The highest BCUT2D eigenvalue weighted by molar-refractivity contribution is 5.92. The summed E-state index contributed by atoms with van der Waals surface area (Å²) < 4.78 is 9.47. The highest BCUT2D eigenvalue weighted by Gasteiger charge is 2.19. The molecule has 0 unspecified atom stereocenters. The lowest BCUT2D eigenvalue weighted by molar-refractivity contribution is -0.385. The second-order valence-electron chi connectivity index (χ2n) is 3.39. The van der Waals surface area contributed by atoms with E-state index in [1.165, 1.54) is 26.3 Å². The van der Waals surface area contributed by atoms with Gasteiger partial charge in [0.25, 0.3) is 5.91 Å². The fourth-order valence-electron chi connectivity index (χ4n) is 1.25. The molecule has 1 aromatic carbocycles. The third-order valence-electron chi connectivity index (χ3n) is 2.22. The van der Waals surface area contributed by atoms with Crippen LogP contribution >= 0.6 is 0 Å². The summed E-state index contributed by atoms with van der Waals surface area (Å²) in [5.74, 6) is -1.27. The molecule has 1 N–H and O–H groups in total. The predicted octanol–water partition coefficient (Wildman–Crippen LogP) is 0.506. The van der Waals surface area contributed by atoms with Gasteiger partial charge in [-0.25, -0.2) is 4.79 Å². The maximum Gasteiger partial charge on any atom is 0.338 e. The van der Waals surface area contributed by atoms with Gasteiger partial charge < -0.3 is 14.8 Å². The summed E-state index contributed by atoms with van der Waals surface area (Å²) >= 11 is 0. The SMILES string of the molecule is CNC(=O)COC(=O)c1ccc(OC)c([N+](=O)[O-])c1. The molecule has 1 amide bonds. The minimum atomic E-state index is -0.825. The number of benzene rings is 1. The van der Waals surface area contributed by atoms with Crippen LogP contribution in [0.4, 0.5) is 5.69 Å². The molecule has 0 aliphatic carbocycles. The maximum absolute atomic E-state index is 11.6. The number of likely N-dealkylation sites (N-methyl/N-ethyl adjacent to an activating group) is 1. The highest BCUT2D eigenvalue weighted by Crippen LogP contribution is 2.27. The molecule has 0 saturated carbocycles. The van der Waals surface area contributed by atoms with Crippen LogP contribution in [0.2, 0.25) is 0 Å². The van der Waals surface area contributed by atoms with Crippen molar-refractivity contribution < 1.29 is 24.0 Å². The van der Waals surface area contributed by atoms with E-state index in [0.29, 0.717) is 0 Å². The van der Waals surface area contributed by atoms with E-state index in [2.05, 4.69) is 10.1 Å². The topological polar surface area (TPSA) is 108 Å². The quantitative estimate of drug-likeness (QED) is 0.473. The molecule has 0 aromatic heterocycles. The maximum atomic E-state index is 11.6. The average molecular weight is 268 g/mol. The van der Waals surface area contributed by atoms with Gasteiger partial charge in [0.1, 0.15) is 0 Å². The molecule has 0 aliphatic heterocycles. The van der Waals surface area contributed by atoms with Gasteiger partial charge in [0, 0.05) is 13.1 Å². The zero-order valence-corrected chi connectivity index (χ0v) is 10.3. The van der Waals surface area contributed by atoms with Gasteiger partial charge in [0.05, 0.1) is 17.6 Å². The Morgan fingerprint density at radius 1 is 1.42 bits per heavy atom. The predicted molar refractivity (Wildman–Crippen MR) is 64.0 cm³/mol. The van der Waals surface area contributed by atoms with E-state index in [-0.39, 0.29) is 17.0 Å². The number of hydrogen-bond donors (Lipinski definition) is 1. The average Bonchev–Trinajstić information content (AvgIpc) is 2.43. The number of carbonyl (C=O) groups excluding carboxylic acids is 2. The van der Waals surface area contributed by atoms with Crippen LogP contribution in [-0.4, -0.2) is 37.6 Å². The number of nitrogens with one attached hydrogen (secondary N) is 1. The zero-order valence-electron chi connectivity index (χ0n) is 10.3. The zero-order chi connectivity index (χ0) is 14.4. The fourth-order valence-corrected chi connectivity index (χ4v) is 1.25. The van der Waals surface area contributed by atoms with Crippen molar-refractivity contribution >= 4 is 17.6 Å². The van der Waals surface area contributed by atoms with E-state index in [4.69, 9.17) is 4.74 Å². The number of amides is 1. The minimum absolute atomic E-state index is 0.0311. The lowest BCUT2D eigenvalue weighted by Crippen LogP contribution is -2.25. The molecule has 0 fully saturated rings. The number of esters is 1. The van der Waals surface area contributed by atoms with E-state index < -0.39 is 23.4 Å². The number of rotatable bonds is 5. The van der Waals surface area contributed by atoms with Gasteiger partial charge in [-0.15, -0.1) is 0 Å². The Hall–Kier alpha value is -2.64. The first kappa shape index (κ1) is 14.4. The summed E-state index contributed by atoms with van der Waals surface area (Å²) in [6.45, 7) is -0.449. The van der Waals surface area contributed by atoms with Crippen molar-refractivity contribution in [3.8, 4) is 5.75 Å². The molecule has 0 aliphatic rings. The Kier molecular flexibility index (Phi) is 4.81. The Morgan fingerprint density at radius 2 is 2.11 bits per heavy atom. The number of nitrogens with zero attached hydrogens (tertiary/aromatic N) is 1. The second-order valence-corrected chi connectivity index (χ2v) is 3.39. The van der Waals surface area contributed by atoms with Crippen molar-refractivity contribution in [2.24, 2.45) is 0 Å². The number of carbonyl (C=O) groups is 2. The molecule has 0 saturated heterocycles. The summed E-state index contributed by atoms with van der Waals surface area (Å²) in [7, 11) is 2.68. The molecule has 1 rings (SSSR count). The van der Waals surface area contributed by atoms with Crippen LogP contribution in [0.15, 0.2) is 18.2 Å². The van der Waals surface area contributed by atoms with Crippen LogP contribution in [0.1, 0.15) is 10.4 Å². The Balaban J connectivity index is 2.89. The monoisotopic (exact) mass is 268 g/mol. The molecule has 0 spiro atoms. The number of nitro benzene ring substituents is 1. The first-order chi connectivity index (χ1) is 8.99.